The Hall–Kier alpha value is -3.06. The number of para-hydroxylation sites is 1. The molecule has 1 N–H and O–H groups in total. The Labute approximate surface area is 172 Å². The monoisotopic (exact) mass is 407 g/mol. The van der Waals surface area contributed by atoms with E-state index in [-0.39, 0.29) is 17.6 Å². The number of hydrogen-bond acceptors (Lipinski definition) is 6. The van der Waals surface area contributed by atoms with Crippen LogP contribution in [0.4, 0.5) is 0 Å². The van der Waals surface area contributed by atoms with Gasteiger partial charge in [-0.05, 0) is 44.5 Å². The SMILES string of the molecule is Cc1cccc(OCc2nnc(S[C@H](C)C(=O)c3c(C)[nH]c4ccccc34)o2)c1. The molecule has 2 heterocycles. The van der Waals surface area contributed by atoms with Gasteiger partial charge in [0.1, 0.15) is 5.75 Å². The number of thioether (sulfide) groups is 1. The summed E-state index contributed by atoms with van der Waals surface area (Å²) in [7, 11) is 0. The van der Waals surface area contributed by atoms with Crippen LogP contribution in [0, 0.1) is 13.8 Å². The molecule has 0 aliphatic heterocycles. The maximum absolute atomic E-state index is 13.0. The van der Waals surface area contributed by atoms with Gasteiger partial charge in [0.25, 0.3) is 11.1 Å². The van der Waals surface area contributed by atoms with Crippen LogP contribution >= 0.6 is 11.8 Å². The second-order valence-electron chi connectivity index (χ2n) is 6.86. The van der Waals surface area contributed by atoms with Crippen molar-refractivity contribution in [2.24, 2.45) is 0 Å². The van der Waals surface area contributed by atoms with Crippen molar-refractivity contribution in [1.29, 1.82) is 0 Å². The van der Waals surface area contributed by atoms with Crippen molar-refractivity contribution in [3.05, 3.63) is 71.2 Å². The van der Waals surface area contributed by atoms with E-state index in [0.29, 0.717) is 16.7 Å². The summed E-state index contributed by atoms with van der Waals surface area (Å²) in [6.45, 7) is 5.95. The summed E-state index contributed by atoms with van der Waals surface area (Å²) in [6.07, 6.45) is 0. The lowest BCUT2D eigenvalue weighted by molar-refractivity contribution is 0.0994. The van der Waals surface area contributed by atoms with Gasteiger partial charge < -0.3 is 14.1 Å². The van der Waals surface area contributed by atoms with Crippen LogP contribution in [0.25, 0.3) is 10.9 Å². The molecule has 2 aromatic heterocycles. The highest BCUT2D eigenvalue weighted by molar-refractivity contribution is 8.00. The lowest BCUT2D eigenvalue weighted by Crippen LogP contribution is -2.14. The number of carbonyl (C=O) groups is 1. The van der Waals surface area contributed by atoms with Gasteiger partial charge in [0, 0.05) is 22.2 Å². The molecule has 0 radical (unpaired) electrons. The summed E-state index contributed by atoms with van der Waals surface area (Å²) in [5.74, 6) is 1.15. The van der Waals surface area contributed by atoms with Crippen molar-refractivity contribution in [2.75, 3.05) is 0 Å². The van der Waals surface area contributed by atoms with Gasteiger partial charge in [-0.3, -0.25) is 4.79 Å². The van der Waals surface area contributed by atoms with Crippen molar-refractivity contribution < 1.29 is 13.9 Å². The Bertz CT molecular complexity index is 1170. The molecule has 0 unspecified atom stereocenters. The molecule has 0 spiro atoms. The number of nitrogens with one attached hydrogen (secondary N) is 1. The summed E-state index contributed by atoms with van der Waals surface area (Å²) in [6, 6.07) is 15.6. The fourth-order valence-corrected chi connectivity index (χ4v) is 3.96. The van der Waals surface area contributed by atoms with Crippen LogP contribution in [0.15, 0.2) is 58.2 Å². The second kappa shape index (κ2) is 8.13. The van der Waals surface area contributed by atoms with Crippen molar-refractivity contribution in [3.63, 3.8) is 0 Å². The molecule has 7 heteroatoms. The fraction of sp³-hybridized carbons (Fsp3) is 0.227. The number of aromatic amines is 1. The number of Topliss-reactive ketones (excluding diaryl/α,β-unsaturated/α-hetero) is 1. The Kier molecular flexibility index (Phi) is 5.40. The predicted molar refractivity (Wildman–Crippen MR) is 112 cm³/mol. The molecule has 148 valence electrons. The molecular weight excluding hydrogens is 386 g/mol. The van der Waals surface area contributed by atoms with Crippen molar-refractivity contribution in [1.82, 2.24) is 15.2 Å². The molecule has 0 aliphatic rings. The molecule has 6 nitrogen and oxygen atoms in total. The van der Waals surface area contributed by atoms with Crippen molar-refractivity contribution in [3.8, 4) is 5.75 Å². The first kappa shape index (κ1) is 19.3. The van der Waals surface area contributed by atoms with Gasteiger partial charge in [-0.2, -0.15) is 0 Å². The Balaban J connectivity index is 1.42. The Morgan fingerprint density at radius 3 is 2.83 bits per heavy atom. The summed E-state index contributed by atoms with van der Waals surface area (Å²) in [5, 5.41) is 8.98. The lowest BCUT2D eigenvalue weighted by Gasteiger charge is -2.08. The molecule has 1 atom stereocenters. The summed E-state index contributed by atoms with van der Waals surface area (Å²) in [4.78, 5) is 16.3. The number of fused-ring (bicyclic) bond motifs is 1. The minimum atomic E-state index is -0.362. The van der Waals surface area contributed by atoms with Crippen LogP contribution in [0.2, 0.25) is 0 Å². The number of hydrogen-bond donors (Lipinski definition) is 1. The fourth-order valence-electron chi connectivity index (χ4n) is 3.20. The molecule has 0 fully saturated rings. The first-order chi connectivity index (χ1) is 14.0. The maximum atomic E-state index is 13.0. The number of benzene rings is 2. The van der Waals surface area contributed by atoms with Crippen LogP contribution in [0.1, 0.15) is 34.4 Å². The van der Waals surface area contributed by atoms with Crippen molar-refractivity contribution >= 4 is 28.4 Å². The van der Waals surface area contributed by atoms with Crippen LogP contribution in [-0.2, 0) is 6.61 Å². The first-order valence-corrected chi connectivity index (χ1v) is 10.2. The van der Waals surface area contributed by atoms with Gasteiger partial charge >= 0.3 is 0 Å². The zero-order valence-electron chi connectivity index (χ0n) is 16.4. The quantitative estimate of drug-likeness (QED) is 0.339. The van der Waals surface area contributed by atoms with E-state index in [4.69, 9.17) is 9.15 Å². The van der Waals surface area contributed by atoms with E-state index in [1.165, 1.54) is 11.8 Å². The Morgan fingerprint density at radius 1 is 1.17 bits per heavy atom. The zero-order valence-corrected chi connectivity index (χ0v) is 17.2. The minimum Gasteiger partial charge on any atom is -0.484 e. The first-order valence-electron chi connectivity index (χ1n) is 9.31. The molecule has 4 aromatic rings. The van der Waals surface area contributed by atoms with Gasteiger partial charge in [0.15, 0.2) is 12.4 Å². The molecule has 29 heavy (non-hydrogen) atoms. The average Bonchev–Trinajstić information content (AvgIpc) is 3.28. The van der Waals surface area contributed by atoms with E-state index in [0.717, 1.165) is 27.9 Å². The van der Waals surface area contributed by atoms with Crippen LogP contribution in [0.5, 0.6) is 5.75 Å². The summed E-state index contributed by atoms with van der Waals surface area (Å²) >= 11 is 1.25. The lowest BCUT2D eigenvalue weighted by atomic mass is 10.1. The molecule has 2 aromatic carbocycles. The van der Waals surface area contributed by atoms with Crippen molar-refractivity contribution in [2.45, 2.75) is 37.9 Å². The highest BCUT2D eigenvalue weighted by Gasteiger charge is 2.24. The van der Waals surface area contributed by atoms with E-state index in [9.17, 15) is 4.79 Å². The molecule has 4 rings (SSSR count). The van der Waals surface area contributed by atoms with E-state index in [2.05, 4.69) is 15.2 Å². The smallest absolute Gasteiger partial charge is 0.277 e. The minimum absolute atomic E-state index is 0.0284. The van der Waals surface area contributed by atoms with E-state index >= 15 is 0 Å². The predicted octanol–water partition coefficient (Wildman–Crippen LogP) is 5.11. The number of carbonyl (C=O) groups excluding carboxylic acids is 1. The standard InChI is InChI=1S/C22H21N3O3S/c1-13-7-6-8-16(11-13)27-12-19-24-25-22(28-19)29-15(3)21(26)20-14(2)23-18-10-5-4-9-17(18)20/h4-11,15,23H,12H2,1-3H3/t15-/m1/s1. The number of H-pyrrole nitrogens is 1. The largest absolute Gasteiger partial charge is 0.484 e. The Morgan fingerprint density at radius 2 is 2.00 bits per heavy atom. The highest BCUT2D eigenvalue weighted by Crippen LogP contribution is 2.29. The van der Waals surface area contributed by atoms with Gasteiger partial charge in [0.05, 0.1) is 5.25 Å². The second-order valence-corrected chi connectivity index (χ2v) is 8.15. The van der Waals surface area contributed by atoms with Gasteiger partial charge in [0.2, 0.25) is 0 Å². The molecule has 0 saturated carbocycles. The third-order valence-corrected chi connectivity index (χ3v) is 5.52. The normalized spacial score (nSPS) is 12.2. The summed E-state index contributed by atoms with van der Waals surface area (Å²) < 4.78 is 11.3. The molecule has 0 amide bonds. The van der Waals surface area contributed by atoms with Crippen LogP contribution in [-0.4, -0.2) is 26.2 Å². The third kappa shape index (κ3) is 4.19. The van der Waals surface area contributed by atoms with Gasteiger partial charge in [-0.25, -0.2) is 0 Å². The number of nitrogens with zero attached hydrogens (tertiary/aromatic N) is 2. The number of ketones is 1. The topological polar surface area (TPSA) is 81.0 Å². The zero-order chi connectivity index (χ0) is 20.4. The number of rotatable bonds is 7. The highest BCUT2D eigenvalue weighted by atomic mass is 32.2. The van der Waals surface area contributed by atoms with Crippen LogP contribution in [0.3, 0.4) is 0 Å². The number of aryl methyl sites for hydroxylation is 2. The molecule has 0 aliphatic carbocycles. The molecule has 0 bridgehead atoms. The summed E-state index contributed by atoms with van der Waals surface area (Å²) in [5.41, 5.74) is 3.65. The van der Waals surface area contributed by atoms with Crippen LogP contribution < -0.4 is 4.74 Å². The number of ether oxygens (including phenoxy) is 1. The molecule has 0 saturated heterocycles. The van der Waals surface area contributed by atoms with Gasteiger partial charge in [-0.1, -0.05) is 42.1 Å². The molecular formula is C22H21N3O3S. The third-order valence-electron chi connectivity index (χ3n) is 4.59. The van der Waals surface area contributed by atoms with E-state index in [1.54, 1.807) is 0 Å². The average molecular weight is 407 g/mol. The maximum Gasteiger partial charge on any atom is 0.277 e. The van der Waals surface area contributed by atoms with E-state index in [1.807, 2.05) is 69.3 Å². The van der Waals surface area contributed by atoms with Gasteiger partial charge in [-0.15, -0.1) is 10.2 Å². The van der Waals surface area contributed by atoms with E-state index < -0.39 is 0 Å². The number of aromatic nitrogens is 3.